The summed E-state index contributed by atoms with van der Waals surface area (Å²) >= 11 is -2.08. The molecule has 0 aliphatic rings. The van der Waals surface area contributed by atoms with Crippen molar-refractivity contribution in [3.05, 3.63) is 36.0 Å². The van der Waals surface area contributed by atoms with Crippen LogP contribution < -0.4 is 8.30 Å². The first-order valence-electron chi connectivity index (χ1n) is 9.47. The fourth-order valence-corrected chi connectivity index (χ4v) is 6.98. The number of nitrogens with one attached hydrogen (secondary N) is 1. The minimum absolute atomic E-state index is 0.000857. The molecule has 3 nitrogen and oxygen atoms in total. The molecule has 1 heterocycles. The Morgan fingerprint density at radius 3 is 2.31 bits per heavy atom. The normalized spacial score (nSPS) is 15.4. The zero-order valence-electron chi connectivity index (χ0n) is 17.5. The predicted octanol–water partition coefficient (Wildman–Crippen LogP) is 4.92. The van der Waals surface area contributed by atoms with Crippen molar-refractivity contribution >= 4 is 43.8 Å². The van der Waals surface area contributed by atoms with E-state index in [2.05, 4.69) is 63.7 Å². The molecule has 0 amide bonds. The molecule has 1 aromatic heterocycles. The Kier molecular flexibility index (Phi) is 6.95. The van der Waals surface area contributed by atoms with Gasteiger partial charge in [-0.3, -0.25) is 0 Å². The summed E-state index contributed by atoms with van der Waals surface area (Å²) in [6.07, 6.45) is 0.914. The van der Waals surface area contributed by atoms with Gasteiger partial charge >= 0.3 is 166 Å². The van der Waals surface area contributed by atoms with Crippen molar-refractivity contribution in [1.29, 1.82) is 0 Å². The summed E-state index contributed by atoms with van der Waals surface area (Å²) in [7, 11) is -1.12. The standard InChI is InChI=1S/C18H25N2OS.3CH3.Sn/c1-13(2)12-17(20-22(21)18(3,4)5)16-11-10-14-8-6-7-9-15(14)19-16;;;;/h7-11,13,17,20H,12H2,1-5H3;3*1H3;. The van der Waals surface area contributed by atoms with E-state index in [1.54, 1.807) is 0 Å². The molecule has 2 aromatic rings. The Morgan fingerprint density at radius 1 is 1.12 bits per heavy atom. The molecule has 2 unspecified atom stereocenters. The van der Waals surface area contributed by atoms with Gasteiger partial charge in [0.2, 0.25) is 0 Å². The van der Waals surface area contributed by atoms with Crippen LogP contribution in [0.5, 0.6) is 0 Å². The Bertz CT molecular complexity index is 791. The van der Waals surface area contributed by atoms with Crippen LogP contribution in [0.3, 0.4) is 0 Å². The molecule has 26 heavy (non-hydrogen) atoms. The molecule has 1 N–H and O–H groups in total. The van der Waals surface area contributed by atoms with Gasteiger partial charge in [0.25, 0.3) is 0 Å². The van der Waals surface area contributed by atoms with Gasteiger partial charge in [0.15, 0.2) is 0 Å². The molecule has 0 fully saturated rings. The molecule has 0 aliphatic carbocycles. The molecule has 2 rings (SSSR count). The third-order valence-corrected chi connectivity index (χ3v) is 11.9. The van der Waals surface area contributed by atoms with Crippen LogP contribution in [0.25, 0.3) is 10.9 Å². The summed E-state index contributed by atoms with van der Waals surface area (Å²) in [6, 6.07) is 11.0. The second-order valence-corrected chi connectivity index (χ2v) is 26.1. The van der Waals surface area contributed by atoms with E-state index in [-0.39, 0.29) is 10.8 Å². The zero-order chi connectivity index (χ0) is 19.7. The van der Waals surface area contributed by atoms with E-state index >= 15 is 0 Å². The second kappa shape index (κ2) is 8.27. The van der Waals surface area contributed by atoms with E-state index in [9.17, 15) is 4.21 Å². The van der Waals surface area contributed by atoms with E-state index in [4.69, 9.17) is 4.98 Å². The molecule has 2 atom stereocenters. The molecule has 144 valence electrons. The van der Waals surface area contributed by atoms with Crippen LogP contribution in [-0.2, 0) is 11.0 Å². The van der Waals surface area contributed by atoms with Crippen LogP contribution in [-0.4, -0.2) is 32.3 Å². The third-order valence-electron chi connectivity index (χ3n) is 4.45. The molecule has 0 aliphatic heterocycles. The van der Waals surface area contributed by atoms with Gasteiger partial charge in [0, 0.05) is 0 Å². The molecular weight excluding hydrogens is 447 g/mol. The first kappa shape index (κ1) is 21.8. The zero-order valence-corrected chi connectivity index (χ0v) is 21.2. The van der Waals surface area contributed by atoms with Crippen molar-refractivity contribution in [3.8, 4) is 0 Å². The second-order valence-electron chi connectivity index (χ2n) is 9.57. The number of benzene rings is 1. The summed E-state index contributed by atoms with van der Waals surface area (Å²) in [5.74, 6) is 0.499. The number of nitrogens with zero attached hydrogens (tertiary/aromatic N) is 1. The first-order valence-corrected chi connectivity index (χ1v) is 20.6. The molecule has 1 aromatic carbocycles. The average molecular weight is 481 g/mol. The van der Waals surface area contributed by atoms with E-state index in [1.807, 2.05) is 20.8 Å². The number of hydrogen-bond acceptors (Lipinski definition) is 2. The number of aromatic nitrogens is 1. The van der Waals surface area contributed by atoms with Gasteiger partial charge in [-0.15, -0.1) is 0 Å². The van der Waals surface area contributed by atoms with Crippen molar-refractivity contribution in [3.63, 3.8) is 0 Å². The molecule has 0 bridgehead atoms. The molecule has 0 saturated heterocycles. The van der Waals surface area contributed by atoms with Gasteiger partial charge in [-0.25, -0.2) is 0 Å². The maximum absolute atomic E-state index is 12.6. The van der Waals surface area contributed by atoms with E-state index in [0.717, 1.165) is 17.6 Å². The van der Waals surface area contributed by atoms with Gasteiger partial charge < -0.3 is 0 Å². The molecule has 0 spiro atoms. The Hall–Kier alpha value is -0.461. The van der Waals surface area contributed by atoms with Crippen LogP contribution in [0.15, 0.2) is 30.3 Å². The van der Waals surface area contributed by atoms with E-state index in [1.165, 1.54) is 8.97 Å². The van der Waals surface area contributed by atoms with Crippen molar-refractivity contribution in [2.75, 3.05) is 0 Å². The average Bonchev–Trinajstić information content (AvgIpc) is 2.51. The van der Waals surface area contributed by atoms with Gasteiger partial charge in [-0.1, -0.05) is 0 Å². The Balaban J connectivity index is 2.38. The van der Waals surface area contributed by atoms with Gasteiger partial charge in [-0.05, 0) is 0 Å². The summed E-state index contributed by atoms with van der Waals surface area (Å²) in [4.78, 5) is 12.2. The SMILES string of the molecule is CC(C)CC(NS(=O)C(C)(C)C)c1ccc2c[c]([Sn]([CH3])([CH3])[CH3])ccc2n1. The van der Waals surface area contributed by atoms with Crippen molar-refractivity contribution in [2.24, 2.45) is 5.92 Å². The summed E-state index contributed by atoms with van der Waals surface area (Å²) < 4.78 is 17.2. The fraction of sp³-hybridized carbons (Fsp3) is 0.571. The third kappa shape index (κ3) is 5.77. The Morgan fingerprint density at radius 2 is 1.77 bits per heavy atom. The first-order chi connectivity index (χ1) is 11.9. The summed E-state index contributed by atoms with van der Waals surface area (Å²) in [5, 5.41) is 1.21. The predicted molar refractivity (Wildman–Crippen MR) is 118 cm³/mol. The van der Waals surface area contributed by atoms with Gasteiger partial charge in [0.05, 0.1) is 0 Å². The van der Waals surface area contributed by atoms with Crippen molar-refractivity contribution in [1.82, 2.24) is 9.71 Å². The molecule has 5 heteroatoms. The van der Waals surface area contributed by atoms with E-state index < -0.39 is 29.4 Å². The molecular formula is C21H34N2OSSn. The molecule has 0 saturated carbocycles. The topological polar surface area (TPSA) is 42.0 Å². The summed E-state index contributed by atoms with van der Waals surface area (Å²) in [5.41, 5.74) is 2.01. The number of rotatable bonds is 6. The monoisotopic (exact) mass is 482 g/mol. The minimum atomic E-state index is -2.08. The van der Waals surface area contributed by atoms with Gasteiger partial charge in [0.1, 0.15) is 0 Å². The Labute approximate surface area is 165 Å². The quantitative estimate of drug-likeness (QED) is 0.596. The number of pyridine rings is 1. The number of hydrogen-bond donors (Lipinski definition) is 1. The van der Waals surface area contributed by atoms with Crippen LogP contribution in [0.2, 0.25) is 14.8 Å². The summed E-state index contributed by atoms with van der Waals surface area (Å²) in [6.45, 7) is 10.4. The molecule has 0 radical (unpaired) electrons. The van der Waals surface area contributed by atoms with Crippen molar-refractivity contribution in [2.45, 2.75) is 66.6 Å². The van der Waals surface area contributed by atoms with Crippen LogP contribution in [0, 0.1) is 5.92 Å². The maximum atomic E-state index is 12.6. The van der Waals surface area contributed by atoms with Crippen molar-refractivity contribution < 1.29 is 4.21 Å². The van der Waals surface area contributed by atoms with Crippen LogP contribution >= 0.6 is 0 Å². The van der Waals surface area contributed by atoms with Gasteiger partial charge in [-0.2, -0.15) is 0 Å². The number of fused-ring (bicyclic) bond motifs is 1. The van der Waals surface area contributed by atoms with E-state index in [0.29, 0.717) is 5.92 Å². The fourth-order valence-electron chi connectivity index (χ4n) is 2.81. The van der Waals surface area contributed by atoms with Crippen LogP contribution in [0.1, 0.15) is 52.8 Å². The van der Waals surface area contributed by atoms with Crippen LogP contribution in [0.4, 0.5) is 0 Å².